The molecule has 36 heavy (non-hydrogen) atoms. The van der Waals surface area contributed by atoms with Crippen LogP contribution in [0.2, 0.25) is 10.0 Å². The largest absolute Gasteiger partial charge is 0.458 e. The lowest BCUT2D eigenvalue weighted by Crippen LogP contribution is -2.54. The van der Waals surface area contributed by atoms with Crippen molar-refractivity contribution in [3.63, 3.8) is 0 Å². The van der Waals surface area contributed by atoms with Crippen molar-refractivity contribution in [1.82, 2.24) is 10.6 Å². The van der Waals surface area contributed by atoms with E-state index in [0.717, 1.165) is 63.1 Å². The van der Waals surface area contributed by atoms with Crippen LogP contribution in [0, 0.1) is 11.3 Å². The molecule has 3 atom stereocenters. The molecular formula is C28H34Cl2N2O3S. The molecule has 0 radical (unpaired) electrons. The van der Waals surface area contributed by atoms with E-state index in [4.69, 9.17) is 32.7 Å². The van der Waals surface area contributed by atoms with Gasteiger partial charge in [0.2, 0.25) is 0 Å². The lowest BCUT2D eigenvalue weighted by Gasteiger charge is -2.42. The number of hydrogen-bond donors (Lipinski definition) is 2. The highest BCUT2D eigenvalue weighted by Crippen LogP contribution is 2.53. The molecule has 4 fully saturated rings. The van der Waals surface area contributed by atoms with Crippen LogP contribution in [0.5, 0.6) is 0 Å². The average molecular weight is 550 g/mol. The fourth-order valence-electron chi connectivity index (χ4n) is 7.40. The van der Waals surface area contributed by atoms with Gasteiger partial charge in [-0.15, -0.1) is 0 Å². The Labute approximate surface area is 227 Å². The fourth-order valence-corrected chi connectivity index (χ4v) is 8.59. The smallest absolute Gasteiger partial charge is 0.327 e. The quantitative estimate of drug-likeness (QED) is 0.452. The minimum atomic E-state index is -0.545. The third kappa shape index (κ3) is 4.63. The van der Waals surface area contributed by atoms with Crippen LogP contribution in [0.25, 0.3) is 0 Å². The Kier molecular flexibility index (Phi) is 6.89. The molecule has 2 aromatic rings. The first-order valence-electron chi connectivity index (χ1n) is 13.1. The van der Waals surface area contributed by atoms with Gasteiger partial charge in [0.25, 0.3) is 0 Å². The van der Waals surface area contributed by atoms with Crippen LogP contribution in [0.4, 0.5) is 0 Å². The maximum Gasteiger partial charge on any atom is 0.327 e. The number of carbonyl (C=O) groups excluding carboxylic acids is 1. The number of hydrogen-bond acceptors (Lipinski definition) is 6. The first-order valence-corrected chi connectivity index (χ1v) is 14.8. The van der Waals surface area contributed by atoms with Gasteiger partial charge in [0.05, 0.1) is 13.3 Å². The van der Waals surface area contributed by atoms with Crippen LogP contribution < -0.4 is 10.6 Å². The van der Waals surface area contributed by atoms with Gasteiger partial charge in [-0.05, 0) is 96.4 Å². The number of nitrogens with one attached hydrogen (secondary N) is 2. The van der Waals surface area contributed by atoms with Gasteiger partial charge in [-0.25, -0.2) is 0 Å². The topological polar surface area (TPSA) is 59.6 Å². The highest BCUT2D eigenvalue weighted by molar-refractivity contribution is 7.08. The van der Waals surface area contributed by atoms with Gasteiger partial charge >= 0.3 is 5.97 Å². The summed E-state index contributed by atoms with van der Waals surface area (Å²) < 4.78 is 11.6. The van der Waals surface area contributed by atoms with E-state index >= 15 is 0 Å². The van der Waals surface area contributed by atoms with Crippen molar-refractivity contribution in [2.24, 2.45) is 11.3 Å². The van der Waals surface area contributed by atoms with Crippen LogP contribution in [-0.2, 0) is 20.7 Å². The maximum atomic E-state index is 12.9. The van der Waals surface area contributed by atoms with Gasteiger partial charge in [0.15, 0.2) is 0 Å². The van der Waals surface area contributed by atoms with Crippen LogP contribution >= 0.6 is 34.5 Å². The van der Waals surface area contributed by atoms with Gasteiger partial charge in [-0.1, -0.05) is 29.3 Å². The van der Waals surface area contributed by atoms with Crippen molar-refractivity contribution in [2.45, 2.75) is 68.4 Å². The zero-order chi connectivity index (χ0) is 24.8. The molecular weight excluding hydrogens is 515 g/mol. The Bertz CT molecular complexity index is 1100. The van der Waals surface area contributed by atoms with Gasteiger partial charge in [0.1, 0.15) is 11.1 Å². The van der Waals surface area contributed by atoms with Crippen LogP contribution in [-0.4, -0.2) is 43.5 Å². The normalized spacial score (nSPS) is 36.6. The standard InChI is InChI=1S/C28H34Cl2N2O3S/c29-22-2-1-20(24(30)11-22)13-26(17-31-14-23(26)21-5-10-36-15-21)12-19-3-6-27(7-4-19)16-28(25(33)35-27)8-9-34-18-32-28/h1-2,5,10-11,15,19,23,31-32H,3-4,6-9,12-14,16-18H2/t19?,23-,26-,27?,28?/m1/s1. The summed E-state index contributed by atoms with van der Waals surface area (Å²) in [6.07, 6.45) is 7.62. The monoisotopic (exact) mass is 548 g/mol. The Morgan fingerprint density at radius 1 is 1.14 bits per heavy atom. The highest BCUT2D eigenvalue weighted by atomic mass is 35.5. The van der Waals surface area contributed by atoms with Crippen LogP contribution in [0.1, 0.15) is 62.0 Å². The molecule has 1 aliphatic carbocycles. The summed E-state index contributed by atoms with van der Waals surface area (Å²) in [6, 6.07) is 8.21. The summed E-state index contributed by atoms with van der Waals surface area (Å²) in [5, 5.41) is 13.0. The Hall–Kier alpha value is -1.15. The summed E-state index contributed by atoms with van der Waals surface area (Å²) >= 11 is 14.7. The molecule has 6 rings (SSSR count). The first kappa shape index (κ1) is 25.1. The lowest BCUT2D eigenvalue weighted by molar-refractivity contribution is -0.157. The molecule has 2 spiro atoms. The van der Waals surface area contributed by atoms with Crippen LogP contribution in [0.3, 0.4) is 0 Å². The molecule has 5 nitrogen and oxygen atoms in total. The zero-order valence-corrected chi connectivity index (χ0v) is 22.8. The molecule has 0 bridgehead atoms. The number of ether oxygens (including phenoxy) is 2. The highest BCUT2D eigenvalue weighted by Gasteiger charge is 2.58. The predicted octanol–water partition coefficient (Wildman–Crippen LogP) is 5.94. The number of benzene rings is 1. The minimum absolute atomic E-state index is 0.0735. The van der Waals surface area contributed by atoms with Gasteiger partial charge < -0.3 is 14.8 Å². The van der Waals surface area contributed by atoms with E-state index in [9.17, 15) is 4.79 Å². The van der Waals surface area contributed by atoms with E-state index in [1.54, 1.807) is 11.3 Å². The average Bonchev–Trinajstić information content (AvgIpc) is 3.58. The van der Waals surface area contributed by atoms with E-state index < -0.39 is 5.54 Å². The molecule has 1 aromatic heterocycles. The molecule has 3 aliphatic heterocycles. The second kappa shape index (κ2) is 9.87. The number of carbonyl (C=O) groups is 1. The summed E-state index contributed by atoms with van der Waals surface area (Å²) in [6.45, 7) is 3.02. The molecule has 1 aromatic carbocycles. The molecule has 8 heteroatoms. The number of rotatable bonds is 5. The van der Waals surface area contributed by atoms with E-state index in [-0.39, 0.29) is 17.0 Å². The molecule has 2 N–H and O–H groups in total. The van der Waals surface area contributed by atoms with Crippen molar-refractivity contribution >= 4 is 40.5 Å². The Balaban J connectivity index is 1.21. The zero-order valence-electron chi connectivity index (χ0n) is 20.5. The van der Waals surface area contributed by atoms with E-state index in [1.165, 1.54) is 11.1 Å². The van der Waals surface area contributed by atoms with Gasteiger partial charge in [-0.2, -0.15) is 11.3 Å². The van der Waals surface area contributed by atoms with Crippen molar-refractivity contribution in [2.75, 3.05) is 26.4 Å². The van der Waals surface area contributed by atoms with Crippen molar-refractivity contribution in [1.29, 1.82) is 0 Å². The van der Waals surface area contributed by atoms with E-state index in [2.05, 4.69) is 33.5 Å². The minimum Gasteiger partial charge on any atom is -0.458 e. The Morgan fingerprint density at radius 3 is 2.72 bits per heavy atom. The summed E-state index contributed by atoms with van der Waals surface area (Å²) in [5.74, 6) is 0.974. The predicted molar refractivity (Wildman–Crippen MR) is 144 cm³/mol. The third-order valence-electron chi connectivity index (χ3n) is 9.29. The summed E-state index contributed by atoms with van der Waals surface area (Å²) in [7, 11) is 0. The molecule has 4 heterocycles. The second-order valence-electron chi connectivity index (χ2n) is 11.5. The van der Waals surface area contributed by atoms with Crippen LogP contribution in [0.15, 0.2) is 35.0 Å². The third-order valence-corrected chi connectivity index (χ3v) is 10.6. The molecule has 0 amide bonds. The second-order valence-corrected chi connectivity index (χ2v) is 13.1. The van der Waals surface area contributed by atoms with Gasteiger partial charge in [-0.3, -0.25) is 10.1 Å². The van der Waals surface area contributed by atoms with E-state index in [0.29, 0.717) is 36.6 Å². The Morgan fingerprint density at radius 2 is 2.00 bits per heavy atom. The molecule has 1 unspecified atom stereocenters. The summed E-state index contributed by atoms with van der Waals surface area (Å²) in [4.78, 5) is 12.9. The number of thiophene rings is 1. The molecule has 194 valence electrons. The summed E-state index contributed by atoms with van der Waals surface area (Å²) in [5.41, 5.74) is 1.83. The SMILES string of the molecule is O=C1OC2(CCC(C[C@@]3(Cc4ccc(Cl)cc4Cl)CNC[C@@H]3c3ccsc3)CC2)CC12CCOCN2. The van der Waals surface area contributed by atoms with Crippen molar-refractivity contribution in [3.8, 4) is 0 Å². The lowest BCUT2D eigenvalue weighted by atomic mass is 9.63. The number of halogens is 2. The van der Waals surface area contributed by atoms with Crippen molar-refractivity contribution < 1.29 is 14.3 Å². The fraction of sp³-hybridized carbons (Fsp3) is 0.607. The van der Waals surface area contributed by atoms with Gasteiger partial charge in [0, 0.05) is 35.5 Å². The van der Waals surface area contributed by atoms with E-state index in [1.807, 2.05) is 12.1 Å². The molecule has 4 aliphatic rings. The first-order chi connectivity index (χ1) is 17.4. The van der Waals surface area contributed by atoms with Crippen molar-refractivity contribution in [3.05, 3.63) is 56.2 Å². The molecule has 3 saturated heterocycles. The maximum absolute atomic E-state index is 12.9. The molecule has 1 saturated carbocycles. The number of esters is 1.